The molecule has 0 spiro atoms. The van der Waals surface area contributed by atoms with Gasteiger partial charge in [-0.05, 0) is 55.3 Å². The lowest BCUT2D eigenvalue weighted by Crippen LogP contribution is -2.15. The number of benzene rings is 3. The molecular formula is C21H16ClNO6S. The second-order valence-electron chi connectivity index (χ2n) is 6.49. The van der Waals surface area contributed by atoms with Crippen LogP contribution < -0.4 is 4.74 Å². The number of ether oxygens (including phenoxy) is 1. The maximum absolute atomic E-state index is 13.2. The largest absolute Gasteiger partial charge is 0.423 e. The van der Waals surface area contributed by atoms with E-state index < -0.39 is 31.3 Å². The first-order chi connectivity index (χ1) is 14.1. The van der Waals surface area contributed by atoms with Crippen molar-refractivity contribution in [3.63, 3.8) is 0 Å². The predicted molar refractivity (Wildman–Crippen MR) is 111 cm³/mol. The number of halogens is 1. The molecule has 0 aliphatic rings. The maximum atomic E-state index is 13.2. The molecule has 3 aromatic carbocycles. The summed E-state index contributed by atoms with van der Waals surface area (Å²) >= 11 is 6.12. The summed E-state index contributed by atoms with van der Waals surface area (Å²) in [7, 11) is -4.37. The van der Waals surface area contributed by atoms with Gasteiger partial charge in [0.25, 0.3) is 5.69 Å². The van der Waals surface area contributed by atoms with Gasteiger partial charge < -0.3 is 4.74 Å². The van der Waals surface area contributed by atoms with Crippen molar-refractivity contribution < 1.29 is 22.9 Å². The summed E-state index contributed by atoms with van der Waals surface area (Å²) in [5.74, 6) is -0.703. The Bertz CT molecular complexity index is 1250. The van der Waals surface area contributed by atoms with Crippen LogP contribution in [0.5, 0.6) is 5.75 Å². The summed E-state index contributed by atoms with van der Waals surface area (Å²) in [6.45, 7) is 3.50. The van der Waals surface area contributed by atoms with E-state index in [1.807, 2.05) is 0 Å². The highest BCUT2D eigenvalue weighted by Gasteiger charge is 2.31. The van der Waals surface area contributed by atoms with E-state index >= 15 is 0 Å². The Hall–Kier alpha value is -3.23. The molecular weight excluding hydrogens is 430 g/mol. The van der Waals surface area contributed by atoms with Crippen molar-refractivity contribution in [2.75, 3.05) is 0 Å². The molecule has 30 heavy (non-hydrogen) atoms. The molecule has 3 aromatic rings. The average Bonchev–Trinajstić information content (AvgIpc) is 2.71. The third-order valence-electron chi connectivity index (χ3n) is 4.37. The quantitative estimate of drug-likeness (QED) is 0.239. The summed E-state index contributed by atoms with van der Waals surface area (Å²) < 4.78 is 31.7. The molecule has 0 amide bonds. The minimum absolute atomic E-state index is 0.206. The van der Waals surface area contributed by atoms with Crippen LogP contribution in [0.2, 0.25) is 5.02 Å². The molecule has 9 heteroatoms. The average molecular weight is 446 g/mol. The molecule has 0 radical (unpaired) electrons. The van der Waals surface area contributed by atoms with Gasteiger partial charge in [-0.1, -0.05) is 35.9 Å². The second-order valence-corrected chi connectivity index (χ2v) is 8.75. The molecule has 0 saturated carbocycles. The fourth-order valence-electron chi connectivity index (χ4n) is 2.95. The third-order valence-corrected chi connectivity index (χ3v) is 6.82. The summed E-state index contributed by atoms with van der Waals surface area (Å²) in [5, 5.41) is 11.8. The number of nitro benzene ring substituents is 1. The van der Waals surface area contributed by atoms with E-state index in [4.69, 9.17) is 16.3 Å². The molecule has 0 N–H and O–H groups in total. The van der Waals surface area contributed by atoms with Crippen molar-refractivity contribution in [2.24, 2.45) is 0 Å². The third kappa shape index (κ3) is 4.05. The van der Waals surface area contributed by atoms with Gasteiger partial charge in [0.05, 0.1) is 15.4 Å². The van der Waals surface area contributed by atoms with Gasteiger partial charge in [0.2, 0.25) is 9.84 Å². The standard InChI is InChI=1S/C21H16ClNO6S/c1-13-11-15(12-14(2)20(13)22)29-21(24)16-7-3-5-9-18(16)30(27,28)19-10-6-4-8-17(19)23(25)26/h3-12H,1-2H3. The fraction of sp³-hybridized carbons (Fsp3) is 0.0952. The van der Waals surface area contributed by atoms with E-state index in [0.29, 0.717) is 16.1 Å². The molecule has 0 aliphatic carbocycles. The van der Waals surface area contributed by atoms with E-state index in [1.54, 1.807) is 26.0 Å². The van der Waals surface area contributed by atoms with Crippen LogP contribution in [-0.4, -0.2) is 19.3 Å². The van der Waals surface area contributed by atoms with Gasteiger partial charge in [-0.25, -0.2) is 13.2 Å². The first-order valence-electron chi connectivity index (χ1n) is 8.69. The van der Waals surface area contributed by atoms with E-state index in [2.05, 4.69) is 0 Å². The van der Waals surface area contributed by atoms with Crippen molar-refractivity contribution >= 4 is 33.1 Å². The highest BCUT2D eigenvalue weighted by atomic mass is 35.5. The lowest BCUT2D eigenvalue weighted by Gasteiger charge is -2.12. The first kappa shape index (κ1) is 21.5. The Morgan fingerprint density at radius 2 is 1.50 bits per heavy atom. The lowest BCUT2D eigenvalue weighted by molar-refractivity contribution is -0.387. The zero-order chi connectivity index (χ0) is 22.1. The monoisotopic (exact) mass is 445 g/mol. The van der Waals surface area contributed by atoms with E-state index in [1.165, 1.54) is 36.4 Å². The Morgan fingerprint density at radius 3 is 2.10 bits per heavy atom. The Kier molecular flexibility index (Phi) is 5.91. The normalized spacial score (nSPS) is 11.2. The number of nitrogens with zero attached hydrogens (tertiary/aromatic N) is 1. The van der Waals surface area contributed by atoms with E-state index in [0.717, 1.165) is 12.1 Å². The summed E-state index contributed by atoms with van der Waals surface area (Å²) in [5.41, 5.74) is 0.575. The molecule has 3 rings (SSSR count). The number of aryl methyl sites for hydroxylation is 2. The molecule has 0 saturated heterocycles. The fourth-order valence-corrected chi connectivity index (χ4v) is 4.67. The molecule has 0 aromatic heterocycles. The predicted octanol–water partition coefficient (Wildman–Crippen LogP) is 4.92. The van der Waals surface area contributed by atoms with Crippen LogP contribution in [0.1, 0.15) is 21.5 Å². The summed E-state index contributed by atoms with van der Waals surface area (Å²) in [4.78, 5) is 22.4. The van der Waals surface area contributed by atoms with Crippen LogP contribution in [0, 0.1) is 24.0 Å². The smallest absolute Gasteiger partial charge is 0.344 e. The molecule has 0 fully saturated rings. The van der Waals surface area contributed by atoms with Crippen LogP contribution in [0.3, 0.4) is 0 Å². The maximum Gasteiger partial charge on any atom is 0.344 e. The summed E-state index contributed by atoms with van der Waals surface area (Å²) in [6, 6.07) is 13.5. The van der Waals surface area contributed by atoms with Gasteiger partial charge in [0.15, 0.2) is 0 Å². The molecule has 0 aliphatic heterocycles. The van der Waals surface area contributed by atoms with E-state index in [-0.39, 0.29) is 16.2 Å². The number of rotatable bonds is 5. The number of carbonyl (C=O) groups is 1. The Balaban J connectivity index is 2.07. The number of carbonyl (C=O) groups excluding carboxylic acids is 1. The molecule has 0 heterocycles. The van der Waals surface area contributed by atoms with Crippen LogP contribution in [0.15, 0.2) is 70.5 Å². The van der Waals surface area contributed by atoms with Crippen molar-refractivity contribution in [1.82, 2.24) is 0 Å². The molecule has 0 atom stereocenters. The van der Waals surface area contributed by atoms with Gasteiger partial charge in [0, 0.05) is 11.1 Å². The minimum atomic E-state index is -4.37. The topological polar surface area (TPSA) is 104 Å². The Labute approximate surface area is 177 Å². The van der Waals surface area contributed by atoms with Crippen LogP contribution in [-0.2, 0) is 9.84 Å². The minimum Gasteiger partial charge on any atom is -0.423 e. The SMILES string of the molecule is Cc1cc(OC(=O)c2ccccc2S(=O)(=O)c2ccccc2[N+](=O)[O-])cc(C)c1Cl. The van der Waals surface area contributed by atoms with Gasteiger partial charge in [-0.2, -0.15) is 0 Å². The highest BCUT2D eigenvalue weighted by Crippen LogP contribution is 2.32. The lowest BCUT2D eigenvalue weighted by atomic mass is 10.1. The van der Waals surface area contributed by atoms with Crippen molar-refractivity contribution in [3.8, 4) is 5.75 Å². The number of hydrogen-bond acceptors (Lipinski definition) is 6. The number of hydrogen-bond donors (Lipinski definition) is 0. The van der Waals surface area contributed by atoms with Gasteiger partial charge >= 0.3 is 5.97 Å². The summed E-state index contributed by atoms with van der Waals surface area (Å²) in [6.07, 6.45) is 0. The van der Waals surface area contributed by atoms with Crippen LogP contribution in [0.4, 0.5) is 5.69 Å². The van der Waals surface area contributed by atoms with Crippen LogP contribution in [0.25, 0.3) is 0 Å². The molecule has 154 valence electrons. The molecule has 0 unspecified atom stereocenters. The van der Waals surface area contributed by atoms with Gasteiger partial charge in [-0.15, -0.1) is 0 Å². The second kappa shape index (κ2) is 8.25. The Morgan fingerprint density at radius 1 is 0.967 bits per heavy atom. The first-order valence-corrected chi connectivity index (χ1v) is 10.6. The number of para-hydroxylation sites is 1. The van der Waals surface area contributed by atoms with Gasteiger partial charge in [-0.3, -0.25) is 10.1 Å². The van der Waals surface area contributed by atoms with Crippen LogP contribution >= 0.6 is 11.6 Å². The van der Waals surface area contributed by atoms with Crippen molar-refractivity contribution in [3.05, 3.63) is 92.5 Å². The van der Waals surface area contributed by atoms with Crippen molar-refractivity contribution in [1.29, 1.82) is 0 Å². The molecule has 7 nitrogen and oxygen atoms in total. The van der Waals surface area contributed by atoms with Gasteiger partial charge in [0.1, 0.15) is 10.6 Å². The number of sulfone groups is 1. The zero-order valence-electron chi connectivity index (χ0n) is 16.0. The zero-order valence-corrected chi connectivity index (χ0v) is 17.5. The molecule has 0 bridgehead atoms. The highest BCUT2D eigenvalue weighted by molar-refractivity contribution is 7.91. The van der Waals surface area contributed by atoms with E-state index in [9.17, 15) is 23.3 Å². The number of esters is 1. The number of nitro groups is 1. The van der Waals surface area contributed by atoms with Crippen molar-refractivity contribution in [2.45, 2.75) is 23.6 Å².